The highest BCUT2D eigenvalue weighted by molar-refractivity contribution is 8.00. The highest BCUT2D eigenvalue weighted by Crippen LogP contribution is 2.46. The molecule has 1 fully saturated rings. The summed E-state index contributed by atoms with van der Waals surface area (Å²) in [5.74, 6) is -4.32. The molecule has 1 unspecified atom stereocenters. The number of hydrogen-bond donors (Lipinski definition) is 4. The molecule has 2 aliphatic heterocycles. The topological polar surface area (TPSA) is 195 Å². The lowest BCUT2D eigenvalue weighted by atomic mass is 9.97. The van der Waals surface area contributed by atoms with E-state index in [0.29, 0.717) is 5.56 Å². The van der Waals surface area contributed by atoms with Crippen molar-refractivity contribution in [3.8, 4) is 5.75 Å². The predicted molar refractivity (Wildman–Crippen MR) is 119 cm³/mol. The van der Waals surface area contributed by atoms with Gasteiger partial charge in [-0.3, -0.25) is 19.3 Å². The summed E-state index contributed by atoms with van der Waals surface area (Å²) in [7, 11) is 1.20. The van der Waals surface area contributed by atoms with E-state index in [1.165, 1.54) is 38.3 Å². The lowest BCUT2D eigenvalue weighted by molar-refractivity contribution is -0.192. The Labute approximate surface area is 203 Å². The summed E-state index contributed by atoms with van der Waals surface area (Å²) in [4.78, 5) is 60.6. The van der Waals surface area contributed by atoms with Crippen LogP contribution in [-0.4, -0.2) is 82.0 Å². The van der Waals surface area contributed by atoms with Gasteiger partial charge < -0.3 is 35.5 Å². The first kappa shape index (κ1) is 26.0. The number of nitrogens with one attached hydrogen (secondary N) is 1. The smallest absolute Gasteiger partial charge is 0.352 e. The van der Waals surface area contributed by atoms with Crippen molar-refractivity contribution in [2.45, 2.75) is 24.1 Å². The number of nitrogens with two attached hydrogens (primary N) is 1. The van der Waals surface area contributed by atoms with Crippen LogP contribution in [0.1, 0.15) is 18.5 Å². The summed E-state index contributed by atoms with van der Waals surface area (Å²) < 4.78 is 15.3. The Bertz CT molecular complexity index is 1090. The molecule has 0 saturated carbocycles. The average Bonchev–Trinajstić information content (AvgIpc) is 2.83. The SMILES string of the molecule is CO[C@@]1(NC(=O)C(N)c2ccc(OCC(=O)O)cc2)C(=O)N2C(C(=O)O)=C(COC(C)=O)CS[C@@H]21. The third-order valence-electron chi connectivity index (χ3n) is 5.28. The number of hydrogen-bond acceptors (Lipinski definition) is 10. The number of nitrogens with zero attached hydrogens (tertiary/aromatic N) is 1. The maximum absolute atomic E-state index is 13.1. The number of amides is 2. The Morgan fingerprint density at radius 2 is 1.91 bits per heavy atom. The molecule has 0 radical (unpaired) electrons. The molecule has 0 aromatic heterocycles. The minimum Gasteiger partial charge on any atom is -0.482 e. The molecule has 2 amide bonds. The van der Waals surface area contributed by atoms with Crippen LogP contribution in [0.5, 0.6) is 5.75 Å². The third kappa shape index (κ3) is 5.08. The standard InChI is InChI=1S/C21H23N3O10S/c1-10(25)33-7-12-9-35-20-21(32-2,19(31)24(20)16(12)18(29)30)23-17(28)15(22)11-3-5-13(6-4-11)34-8-14(26)27/h3-6,15,20H,7-9,22H2,1-2H3,(H,23,28)(H,26,27)(H,29,30)/t15?,20-,21+/m1/s1. The second-order valence-electron chi connectivity index (χ2n) is 7.53. The van der Waals surface area contributed by atoms with Gasteiger partial charge in [-0.15, -0.1) is 11.8 Å². The molecule has 1 aromatic carbocycles. The van der Waals surface area contributed by atoms with Gasteiger partial charge in [0.1, 0.15) is 29.5 Å². The summed E-state index contributed by atoms with van der Waals surface area (Å²) in [6.45, 7) is 0.360. The number of aliphatic carboxylic acids is 2. The minimum atomic E-state index is -1.85. The van der Waals surface area contributed by atoms with Crippen molar-refractivity contribution in [2.24, 2.45) is 5.73 Å². The normalized spacial score (nSPS) is 22.0. The van der Waals surface area contributed by atoms with Crippen molar-refractivity contribution < 1.29 is 48.4 Å². The van der Waals surface area contributed by atoms with E-state index in [9.17, 15) is 29.1 Å². The molecule has 1 saturated heterocycles. The number of thioether (sulfide) groups is 1. The molecule has 2 aliphatic rings. The Morgan fingerprint density at radius 3 is 2.46 bits per heavy atom. The Hall–Kier alpha value is -3.62. The van der Waals surface area contributed by atoms with E-state index < -0.39 is 53.5 Å². The summed E-state index contributed by atoms with van der Waals surface area (Å²) in [5.41, 5.74) is 4.45. The van der Waals surface area contributed by atoms with Crippen LogP contribution in [0.3, 0.4) is 0 Å². The van der Waals surface area contributed by atoms with E-state index >= 15 is 0 Å². The van der Waals surface area contributed by atoms with Crippen LogP contribution in [0.2, 0.25) is 0 Å². The number of rotatable bonds is 10. The zero-order valence-electron chi connectivity index (χ0n) is 18.7. The number of carbonyl (C=O) groups is 5. The van der Waals surface area contributed by atoms with Gasteiger partial charge in [0.05, 0.1) is 0 Å². The van der Waals surface area contributed by atoms with E-state index in [1.807, 2.05) is 0 Å². The number of ether oxygens (including phenoxy) is 3. The van der Waals surface area contributed by atoms with Crippen LogP contribution in [0.15, 0.2) is 35.5 Å². The fourth-order valence-corrected chi connectivity index (χ4v) is 4.99. The Balaban J connectivity index is 1.76. The molecule has 13 nitrogen and oxygen atoms in total. The van der Waals surface area contributed by atoms with Crippen LogP contribution < -0.4 is 15.8 Å². The van der Waals surface area contributed by atoms with Gasteiger partial charge in [0.15, 0.2) is 6.61 Å². The number of esters is 1. The van der Waals surface area contributed by atoms with E-state index in [-0.39, 0.29) is 29.4 Å². The number of carbonyl (C=O) groups excluding carboxylic acids is 3. The van der Waals surface area contributed by atoms with Gasteiger partial charge in [0.25, 0.3) is 11.6 Å². The monoisotopic (exact) mass is 509 g/mol. The maximum atomic E-state index is 13.1. The van der Waals surface area contributed by atoms with Gasteiger partial charge in [-0.25, -0.2) is 9.59 Å². The number of benzene rings is 1. The molecule has 35 heavy (non-hydrogen) atoms. The maximum Gasteiger partial charge on any atom is 0.352 e. The first-order valence-electron chi connectivity index (χ1n) is 10.1. The summed E-state index contributed by atoms with van der Waals surface area (Å²) >= 11 is 1.14. The summed E-state index contributed by atoms with van der Waals surface area (Å²) in [6.07, 6.45) is 0. The average molecular weight is 509 g/mol. The minimum absolute atomic E-state index is 0.119. The fraction of sp³-hybridized carbons (Fsp3) is 0.381. The van der Waals surface area contributed by atoms with Gasteiger partial charge in [0, 0.05) is 25.4 Å². The number of methoxy groups -OCH3 is 1. The molecule has 2 heterocycles. The van der Waals surface area contributed by atoms with Gasteiger partial charge in [-0.05, 0) is 17.7 Å². The van der Waals surface area contributed by atoms with Crippen molar-refractivity contribution in [3.63, 3.8) is 0 Å². The molecule has 1 aromatic rings. The van der Waals surface area contributed by atoms with Crippen molar-refractivity contribution in [2.75, 3.05) is 26.1 Å². The number of carboxylic acid groups (broad SMARTS) is 2. The Kier molecular flexibility index (Phi) is 7.67. The second-order valence-corrected chi connectivity index (χ2v) is 8.60. The zero-order chi connectivity index (χ0) is 25.9. The highest BCUT2D eigenvalue weighted by atomic mass is 32.2. The van der Waals surface area contributed by atoms with E-state index in [1.54, 1.807) is 0 Å². The van der Waals surface area contributed by atoms with Crippen LogP contribution >= 0.6 is 11.8 Å². The molecule has 0 aliphatic carbocycles. The quantitative estimate of drug-likeness (QED) is 0.178. The first-order chi connectivity index (χ1) is 16.5. The van der Waals surface area contributed by atoms with Gasteiger partial charge in [-0.2, -0.15) is 0 Å². The Morgan fingerprint density at radius 1 is 1.26 bits per heavy atom. The van der Waals surface area contributed by atoms with Crippen molar-refractivity contribution in [3.05, 3.63) is 41.1 Å². The van der Waals surface area contributed by atoms with Crippen LogP contribution in [-0.2, 0) is 33.4 Å². The molecule has 3 rings (SSSR count). The van der Waals surface area contributed by atoms with Gasteiger partial charge in [-0.1, -0.05) is 12.1 Å². The van der Waals surface area contributed by atoms with Crippen molar-refractivity contribution >= 4 is 41.5 Å². The fourth-order valence-electron chi connectivity index (χ4n) is 3.57. The lowest BCUT2D eigenvalue weighted by Gasteiger charge is -2.55. The van der Waals surface area contributed by atoms with E-state index in [4.69, 9.17) is 25.1 Å². The third-order valence-corrected chi connectivity index (χ3v) is 6.65. The molecule has 0 spiro atoms. The number of β-lactam (4-membered cyclic amide) rings is 1. The first-order valence-corrected chi connectivity index (χ1v) is 11.2. The molecule has 3 atom stereocenters. The van der Waals surface area contributed by atoms with E-state index in [0.717, 1.165) is 16.7 Å². The molecular weight excluding hydrogens is 486 g/mol. The molecular formula is C21H23N3O10S. The van der Waals surface area contributed by atoms with E-state index in [2.05, 4.69) is 5.32 Å². The highest BCUT2D eigenvalue weighted by Gasteiger charge is 2.66. The zero-order valence-corrected chi connectivity index (χ0v) is 19.5. The number of carboxylic acids is 2. The van der Waals surface area contributed by atoms with Crippen LogP contribution in [0.4, 0.5) is 0 Å². The number of fused-ring (bicyclic) bond motifs is 1. The van der Waals surface area contributed by atoms with Crippen LogP contribution in [0, 0.1) is 0 Å². The van der Waals surface area contributed by atoms with Crippen molar-refractivity contribution in [1.82, 2.24) is 10.2 Å². The van der Waals surface area contributed by atoms with Gasteiger partial charge >= 0.3 is 17.9 Å². The summed E-state index contributed by atoms with van der Waals surface area (Å²) in [6, 6.07) is 4.61. The molecule has 0 bridgehead atoms. The lowest BCUT2D eigenvalue weighted by Crippen LogP contribution is -2.81. The van der Waals surface area contributed by atoms with Crippen molar-refractivity contribution in [1.29, 1.82) is 0 Å². The van der Waals surface area contributed by atoms with Gasteiger partial charge in [0.2, 0.25) is 5.91 Å². The molecule has 5 N–H and O–H groups in total. The molecule has 14 heteroatoms. The predicted octanol–water partition coefficient (Wildman–Crippen LogP) is -0.574. The largest absolute Gasteiger partial charge is 0.482 e. The summed E-state index contributed by atoms with van der Waals surface area (Å²) in [5, 5.41) is 19.9. The second kappa shape index (κ2) is 10.3. The van der Waals surface area contributed by atoms with Crippen LogP contribution in [0.25, 0.3) is 0 Å². The molecule has 188 valence electrons.